The first-order valence-corrected chi connectivity index (χ1v) is 25.5. The van der Waals surface area contributed by atoms with Crippen LogP contribution in [-0.4, -0.2) is 43.8 Å². The summed E-state index contributed by atoms with van der Waals surface area (Å²) >= 11 is 0. The molecule has 0 heterocycles. The Kier molecular flexibility index (Phi) is 18.7. The number of hydrogen-bond donors (Lipinski definition) is 0. The Bertz CT molecular complexity index is 438. The number of hydrogen-bond acceptors (Lipinski definition) is 4. The predicted octanol–water partition coefficient (Wildman–Crippen LogP) is 9.12. The minimum absolute atomic E-state index is 1.01. The Hall–Kier alpha value is 0.924. The monoisotopic (exact) mass is 550 g/mol. The molecule has 0 unspecified atom stereocenters. The lowest BCUT2D eigenvalue weighted by molar-refractivity contribution is 0.151. The second-order valence-corrected chi connectivity index (χ2v) is 27.5. The molecule has 0 rings (SSSR count). The summed E-state index contributed by atoms with van der Waals surface area (Å²) in [5, 5.41) is 0. The minimum atomic E-state index is -3.22. The summed E-state index contributed by atoms with van der Waals surface area (Å²) in [5.74, 6) is 0. The van der Waals surface area contributed by atoms with Crippen LogP contribution in [0.3, 0.4) is 0 Å². The summed E-state index contributed by atoms with van der Waals surface area (Å²) < 4.78 is 28.5. The Morgan fingerprint density at radius 1 is 0.515 bits per heavy atom. The fourth-order valence-corrected chi connectivity index (χ4v) is 22.7. The van der Waals surface area contributed by atoms with Crippen molar-refractivity contribution in [3.05, 3.63) is 0 Å². The molecule has 0 aliphatic rings. The lowest BCUT2D eigenvalue weighted by Gasteiger charge is -2.43. The van der Waals surface area contributed by atoms with Crippen LogP contribution in [0.5, 0.6) is 0 Å². The molecule has 33 heavy (non-hydrogen) atoms. The maximum absolute atomic E-state index is 7.16. The molecular formula is C24H58O4Si5. The van der Waals surface area contributed by atoms with E-state index in [1.165, 1.54) is 63.5 Å². The smallest absolute Gasteiger partial charge is 0.396 e. The van der Waals surface area contributed by atoms with Gasteiger partial charge in [0.05, 0.1) is 0 Å². The zero-order chi connectivity index (χ0) is 25.4. The van der Waals surface area contributed by atoms with Crippen molar-refractivity contribution in [3.63, 3.8) is 0 Å². The average Bonchev–Trinajstić information content (AvgIpc) is 2.76. The quantitative estimate of drug-likeness (QED) is 0.126. The van der Waals surface area contributed by atoms with Crippen LogP contribution in [0.1, 0.15) is 92.9 Å². The SMILES string of the molecule is CCCC[Si](CC)O[Si](O[Si](CC)CCCC)(O[Si](C)(C)CCCC)O[Si](C)(C)CCCC. The maximum Gasteiger partial charge on any atom is 0.636 e. The van der Waals surface area contributed by atoms with Gasteiger partial charge < -0.3 is 16.5 Å². The van der Waals surface area contributed by atoms with Crippen molar-refractivity contribution in [1.82, 2.24) is 0 Å². The zero-order valence-corrected chi connectivity index (χ0v) is 29.0. The third-order valence-corrected chi connectivity index (χ3v) is 23.3. The Morgan fingerprint density at radius 2 is 0.848 bits per heavy atom. The van der Waals surface area contributed by atoms with E-state index in [1.54, 1.807) is 0 Å². The maximum atomic E-state index is 7.16. The van der Waals surface area contributed by atoms with E-state index < -0.39 is 43.8 Å². The van der Waals surface area contributed by atoms with E-state index in [9.17, 15) is 0 Å². The van der Waals surface area contributed by atoms with Crippen LogP contribution < -0.4 is 0 Å². The Labute approximate surface area is 215 Å². The molecule has 0 fully saturated rings. The lowest BCUT2D eigenvalue weighted by Crippen LogP contribution is -2.63. The second kappa shape index (κ2) is 18.2. The summed E-state index contributed by atoms with van der Waals surface area (Å²) in [6, 6.07) is 6.81. The van der Waals surface area contributed by atoms with Gasteiger partial charge in [0.2, 0.25) is 18.1 Å². The summed E-state index contributed by atoms with van der Waals surface area (Å²) in [5.41, 5.74) is 0. The normalized spacial score (nSPS) is 13.5. The van der Waals surface area contributed by atoms with E-state index >= 15 is 0 Å². The van der Waals surface area contributed by atoms with Gasteiger partial charge in [-0.25, -0.2) is 0 Å². The van der Waals surface area contributed by atoms with Crippen LogP contribution in [0, 0.1) is 0 Å². The summed E-state index contributed by atoms with van der Waals surface area (Å²) in [7, 11) is -9.19. The minimum Gasteiger partial charge on any atom is -0.396 e. The molecule has 0 N–H and O–H groups in total. The average molecular weight is 551 g/mol. The molecule has 0 aromatic heterocycles. The van der Waals surface area contributed by atoms with Crippen LogP contribution in [0.4, 0.5) is 0 Å². The zero-order valence-electron chi connectivity index (χ0n) is 24.0. The molecule has 4 nitrogen and oxygen atoms in total. The van der Waals surface area contributed by atoms with E-state index in [4.69, 9.17) is 16.5 Å². The molecular weight excluding hydrogens is 493 g/mol. The summed E-state index contributed by atoms with van der Waals surface area (Å²) in [6.07, 6.45) is 9.70. The molecule has 0 saturated carbocycles. The van der Waals surface area contributed by atoms with Crippen LogP contribution >= 0.6 is 0 Å². The molecule has 0 aliphatic carbocycles. The van der Waals surface area contributed by atoms with Crippen molar-refractivity contribution in [2.45, 2.75) is 155 Å². The third-order valence-electron chi connectivity index (χ3n) is 6.01. The Morgan fingerprint density at radius 3 is 1.12 bits per heavy atom. The Balaban J connectivity index is 6.20. The topological polar surface area (TPSA) is 36.9 Å². The fourth-order valence-electron chi connectivity index (χ4n) is 3.81. The highest BCUT2D eigenvalue weighted by atomic mass is 28.5. The van der Waals surface area contributed by atoms with Crippen molar-refractivity contribution < 1.29 is 16.5 Å². The molecule has 0 bridgehead atoms. The van der Waals surface area contributed by atoms with Gasteiger partial charge in [0.15, 0.2) is 16.6 Å². The van der Waals surface area contributed by atoms with Crippen molar-refractivity contribution in [2.75, 3.05) is 0 Å². The van der Waals surface area contributed by atoms with E-state index in [2.05, 4.69) is 67.7 Å². The molecule has 0 aliphatic heterocycles. The molecule has 9 heteroatoms. The van der Waals surface area contributed by atoms with Crippen molar-refractivity contribution in [1.29, 1.82) is 0 Å². The van der Waals surface area contributed by atoms with Crippen molar-refractivity contribution in [2.24, 2.45) is 0 Å². The fraction of sp³-hybridized carbons (Fsp3) is 1.00. The second-order valence-electron chi connectivity index (χ2n) is 10.6. The first-order valence-electron chi connectivity index (χ1n) is 14.0. The van der Waals surface area contributed by atoms with Crippen LogP contribution in [0.15, 0.2) is 0 Å². The van der Waals surface area contributed by atoms with Crippen LogP contribution in [-0.2, 0) is 16.5 Å². The highest BCUT2D eigenvalue weighted by Gasteiger charge is 2.55. The van der Waals surface area contributed by atoms with E-state index in [1.807, 2.05) is 0 Å². The molecule has 0 aromatic rings. The first kappa shape index (κ1) is 33.9. The molecule has 2 radical (unpaired) electrons. The van der Waals surface area contributed by atoms with Crippen LogP contribution in [0.2, 0.25) is 62.5 Å². The van der Waals surface area contributed by atoms with E-state index in [0.29, 0.717) is 0 Å². The van der Waals surface area contributed by atoms with Gasteiger partial charge in [-0.2, -0.15) is 0 Å². The summed E-state index contributed by atoms with van der Waals surface area (Å²) in [6.45, 7) is 23.1. The van der Waals surface area contributed by atoms with Gasteiger partial charge in [-0.15, -0.1) is 0 Å². The molecule has 0 amide bonds. The van der Waals surface area contributed by atoms with Gasteiger partial charge in [-0.1, -0.05) is 92.9 Å². The van der Waals surface area contributed by atoms with Crippen LogP contribution in [0.25, 0.3) is 0 Å². The number of rotatable bonds is 22. The van der Waals surface area contributed by atoms with E-state index in [0.717, 1.165) is 24.2 Å². The van der Waals surface area contributed by atoms with Gasteiger partial charge in [0.1, 0.15) is 0 Å². The largest absolute Gasteiger partial charge is 0.636 e. The van der Waals surface area contributed by atoms with Gasteiger partial charge in [0.25, 0.3) is 0 Å². The van der Waals surface area contributed by atoms with E-state index in [-0.39, 0.29) is 0 Å². The highest BCUT2D eigenvalue weighted by Crippen LogP contribution is 2.31. The highest BCUT2D eigenvalue weighted by molar-refractivity contribution is 6.88. The van der Waals surface area contributed by atoms with Gasteiger partial charge in [-0.3, -0.25) is 0 Å². The molecule has 0 spiro atoms. The molecule has 0 atom stereocenters. The van der Waals surface area contributed by atoms with Crippen molar-refractivity contribution in [3.8, 4) is 0 Å². The summed E-state index contributed by atoms with van der Waals surface area (Å²) in [4.78, 5) is 0. The van der Waals surface area contributed by atoms with Gasteiger partial charge in [-0.05, 0) is 62.5 Å². The molecule has 0 aromatic carbocycles. The third kappa shape index (κ3) is 15.6. The van der Waals surface area contributed by atoms with Gasteiger partial charge in [0, 0.05) is 0 Å². The van der Waals surface area contributed by atoms with Gasteiger partial charge >= 0.3 is 9.05 Å². The molecule has 198 valence electrons. The molecule has 0 saturated heterocycles. The standard InChI is InChI=1S/C24H58O4Si5/c1-11-17-21-29(15-5)25-33(26-30(16-6)22-18-12-2,27-31(7,8)23-19-13-3)28-32(9,10)24-20-14-4/h11-24H2,1-10H3. The first-order chi connectivity index (χ1) is 15.5. The predicted molar refractivity (Wildman–Crippen MR) is 156 cm³/mol. The lowest BCUT2D eigenvalue weighted by atomic mass is 10.4. The van der Waals surface area contributed by atoms with Crippen molar-refractivity contribution >= 4 is 43.8 Å². The number of unbranched alkanes of at least 4 members (excludes halogenated alkanes) is 4.